The summed E-state index contributed by atoms with van der Waals surface area (Å²) in [4.78, 5) is 0. The molecule has 0 radical (unpaired) electrons. The van der Waals surface area contributed by atoms with Crippen LogP contribution in [0.1, 0.15) is 43.8 Å². The number of aliphatic hydroxyl groups excluding tert-OH is 2. The third-order valence-electron chi connectivity index (χ3n) is 4.87. The summed E-state index contributed by atoms with van der Waals surface area (Å²) in [7, 11) is 1.73. The zero-order valence-electron chi connectivity index (χ0n) is 13.9. The largest absolute Gasteiger partial charge is 0.489 e. The van der Waals surface area contributed by atoms with E-state index in [0.717, 1.165) is 24.8 Å². The van der Waals surface area contributed by atoms with Crippen LogP contribution in [0.3, 0.4) is 0 Å². The Bertz CT molecular complexity index is 552. The minimum atomic E-state index is -0.474. The van der Waals surface area contributed by atoms with Crippen molar-refractivity contribution in [3.05, 3.63) is 28.8 Å². The number of methoxy groups -OCH3 is 1. The zero-order valence-corrected chi connectivity index (χ0v) is 14.6. The van der Waals surface area contributed by atoms with Crippen molar-refractivity contribution in [3.8, 4) is 5.75 Å². The van der Waals surface area contributed by atoms with E-state index in [0.29, 0.717) is 23.6 Å². The first kappa shape index (κ1) is 18.0. The quantitative estimate of drug-likeness (QED) is 0.849. The topological polar surface area (TPSA) is 68.2 Å². The van der Waals surface area contributed by atoms with Gasteiger partial charge in [-0.3, -0.25) is 0 Å². The number of halogens is 1. The Hall–Kier alpha value is -0.850. The summed E-state index contributed by atoms with van der Waals surface area (Å²) in [5.41, 5.74) is 0.910. The Kier molecular flexibility index (Phi) is 6.00. The molecule has 2 N–H and O–H groups in total. The van der Waals surface area contributed by atoms with Crippen LogP contribution in [-0.2, 0) is 9.47 Å². The first-order valence-electron chi connectivity index (χ1n) is 8.52. The van der Waals surface area contributed by atoms with E-state index in [1.165, 1.54) is 0 Å². The number of rotatable bonds is 5. The summed E-state index contributed by atoms with van der Waals surface area (Å²) < 4.78 is 17.3. The van der Waals surface area contributed by atoms with E-state index in [4.69, 9.17) is 25.8 Å². The molecule has 6 heteroatoms. The summed E-state index contributed by atoms with van der Waals surface area (Å²) in [5.74, 6) is 0.639. The number of hydrogen-bond donors (Lipinski definition) is 2. The van der Waals surface area contributed by atoms with Crippen LogP contribution in [0.2, 0.25) is 5.02 Å². The van der Waals surface area contributed by atoms with Gasteiger partial charge in [-0.15, -0.1) is 0 Å². The average molecular weight is 357 g/mol. The molecule has 1 saturated carbocycles. The fraction of sp³-hybridized carbons (Fsp3) is 0.667. The highest BCUT2D eigenvalue weighted by atomic mass is 35.5. The van der Waals surface area contributed by atoms with Gasteiger partial charge in [0.1, 0.15) is 11.9 Å². The van der Waals surface area contributed by atoms with E-state index in [2.05, 4.69) is 0 Å². The van der Waals surface area contributed by atoms with Gasteiger partial charge in [-0.25, -0.2) is 0 Å². The fourth-order valence-corrected chi connectivity index (χ4v) is 3.70. The highest BCUT2D eigenvalue weighted by molar-refractivity contribution is 6.32. The Balaban J connectivity index is 1.71. The van der Waals surface area contributed by atoms with E-state index in [9.17, 15) is 10.2 Å². The molecule has 1 saturated heterocycles. The molecule has 2 aliphatic rings. The number of hydrogen-bond acceptors (Lipinski definition) is 5. The lowest BCUT2D eigenvalue weighted by molar-refractivity contribution is -0.113. The number of ether oxygens (including phenoxy) is 3. The molecule has 0 bridgehead atoms. The number of benzene rings is 1. The lowest BCUT2D eigenvalue weighted by Gasteiger charge is -2.32. The lowest BCUT2D eigenvalue weighted by Crippen LogP contribution is -2.33. The van der Waals surface area contributed by atoms with E-state index in [-0.39, 0.29) is 31.0 Å². The van der Waals surface area contributed by atoms with E-state index < -0.39 is 6.10 Å². The van der Waals surface area contributed by atoms with Crippen molar-refractivity contribution in [1.82, 2.24) is 0 Å². The van der Waals surface area contributed by atoms with Crippen LogP contribution < -0.4 is 4.74 Å². The van der Waals surface area contributed by atoms with Crippen LogP contribution in [-0.4, -0.2) is 48.3 Å². The Labute approximate surface area is 147 Å². The minimum absolute atomic E-state index is 0.0923. The van der Waals surface area contributed by atoms with Crippen LogP contribution in [0.5, 0.6) is 5.75 Å². The fourth-order valence-electron chi connectivity index (χ4n) is 3.53. The molecule has 2 fully saturated rings. The summed E-state index contributed by atoms with van der Waals surface area (Å²) in [6.07, 6.45) is 3.05. The highest BCUT2D eigenvalue weighted by Crippen LogP contribution is 2.37. The maximum atomic E-state index is 9.99. The Morgan fingerprint density at radius 3 is 2.71 bits per heavy atom. The zero-order chi connectivity index (χ0) is 17.1. The van der Waals surface area contributed by atoms with Gasteiger partial charge in [0.2, 0.25) is 0 Å². The SMILES string of the molecule is CO[C@@H]1CC[C@H](Oc2cc(C3CC(O)CC(CO)O3)ccc2Cl)C1. The summed E-state index contributed by atoms with van der Waals surface area (Å²) in [6, 6.07) is 5.58. The smallest absolute Gasteiger partial charge is 0.138 e. The first-order valence-corrected chi connectivity index (χ1v) is 8.90. The van der Waals surface area contributed by atoms with Gasteiger partial charge in [-0.05, 0) is 30.5 Å². The predicted octanol–water partition coefficient (Wildman–Crippen LogP) is 2.86. The predicted molar refractivity (Wildman–Crippen MR) is 90.5 cm³/mol. The van der Waals surface area contributed by atoms with Crippen molar-refractivity contribution in [2.45, 2.75) is 62.6 Å². The van der Waals surface area contributed by atoms with Gasteiger partial charge in [0, 0.05) is 26.4 Å². The molecule has 1 aromatic carbocycles. The van der Waals surface area contributed by atoms with Gasteiger partial charge in [-0.2, -0.15) is 0 Å². The summed E-state index contributed by atoms with van der Waals surface area (Å²) >= 11 is 6.28. The van der Waals surface area contributed by atoms with Gasteiger partial charge >= 0.3 is 0 Å². The van der Waals surface area contributed by atoms with Crippen LogP contribution in [0.15, 0.2) is 18.2 Å². The van der Waals surface area contributed by atoms with Crippen molar-refractivity contribution in [2.75, 3.05) is 13.7 Å². The Morgan fingerprint density at radius 1 is 1.21 bits per heavy atom. The summed E-state index contributed by atoms with van der Waals surface area (Å²) in [6.45, 7) is -0.0923. The van der Waals surface area contributed by atoms with Crippen molar-refractivity contribution < 1.29 is 24.4 Å². The normalized spacial score (nSPS) is 33.6. The van der Waals surface area contributed by atoms with Crippen molar-refractivity contribution >= 4 is 11.6 Å². The van der Waals surface area contributed by atoms with Crippen LogP contribution in [0.25, 0.3) is 0 Å². The molecule has 24 heavy (non-hydrogen) atoms. The van der Waals surface area contributed by atoms with Crippen molar-refractivity contribution in [1.29, 1.82) is 0 Å². The molecular formula is C18H25ClO5. The van der Waals surface area contributed by atoms with E-state index in [1.807, 2.05) is 12.1 Å². The average Bonchev–Trinajstić information content (AvgIpc) is 3.04. The molecule has 1 aliphatic carbocycles. The van der Waals surface area contributed by atoms with Crippen molar-refractivity contribution in [2.24, 2.45) is 0 Å². The summed E-state index contributed by atoms with van der Waals surface area (Å²) in [5, 5.41) is 19.9. The molecule has 3 unspecified atom stereocenters. The molecule has 0 amide bonds. The van der Waals surface area contributed by atoms with Crippen molar-refractivity contribution in [3.63, 3.8) is 0 Å². The lowest BCUT2D eigenvalue weighted by atomic mass is 9.96. The van der Waals surface area contributed by atoms with Gasteiger partial charge < -0.3 is 24.4 Å². The van der Waals surface area contributed by atoms with Crippen LogP contribution in [0.4, 0.5) is 0 Å². The monoisotopic (exact) mass is 356 g/mol. The number of aliphatic hydroxyl groups is 2. The molecule has 134 valence electrons. The van der Waals surface area contributed by atoms with Gasteiger partial charge in [0.05, 0.1) is 36.0 Å². The second-order valence-electron chi connectivity index (χ2n) is 6.66. The molecule has 1 aliphatic heterocycles. The molecule has 5 nitrogen and oxygen atoms in total. The van der Waals surface area contributed by atoms with Gasteiger partial charge in [-0.1, -0.05) is 17.7 Å². The third kappa shape index (κ3) is 4.21. The molecule has 0 aromatic heterocycles. The molecule has 5 atom stereocenters. The van der Waals surface area contributed by atoms with Gasteiger partial charge in [0.25, 0.3) is 0 Å². The third-order valence-corrected chi connectivity index (χ3v) is 5.18. The second kappa shape index (κ2) is 8.02. The maximum Gasteiger partial charge on any atom is 0.138 e. The van der Waals surface area contributed by atoms with Crippen LogP contribution >= 0.6 is 11.6 Å². The van der Waals surface area contributed by atoms with Gasteiger partial charge in [0.15, 0.2) is 0 Å². The molecule has 3 rings (SSSR count). The minimum Gasteiger partial charge on any atom is -0.489 e. The first-order chi connectivity index (χ1) is 11.6. The molecule has 0 spiro atoms. The molecule has 1 aromatic rings. The second-order valence-corrected chi connectivity index (χ2v) is 7.06. The maximum absolute atomic E-state index is 9.99. The highest BCUT2D eigenvalue weighted by Gasteiger charge is 2.30. The molecule has 1 heterocycles. The van der Waals surface area contributed by atoms with E-state index >= 15 is 0 Å². The molecular weight excluding hydrogens is 332 g/mol. The van der Waals surface area contributed by atoms with Crippen LogP contribution in [0, 0.1) is 0 Å². The Morgan fingerprint density at radius 2 is 2.00 bits per heavy atom. The van der Waals surface area contributed by atoms with E-state index in [1.54, 1.807) is 13.2 Å². The standard InChI is InChI=1S/C18H25ClO5/c1-22-13-3-4-14(9-13)23-18-6-11(2-5-16(18)19)17-8-12(21)7-15(10-20)24-17/h2,5-6,12-15,17,20-21H,3-4,7-10H2,1H3/t12?,13-,14+,15?,17?/m1/s1.